The van der Waals surface area contributed by atoms with E-state index in [1.165, 1.54) is 18.5 Å². The number of nitrogen functional groups attached to an aromatic ring is 1. The van der Waals surface area contributed by atoms with Crippen LogP contribution in [0.4, 0.5) is 10.2 Å². The van der Waals surface area contributed by atoms with Crippen molar-refractivity contribution < 1.29 is 9.13 Å². The molecule has 0 aliphatic heterocycles. The van der Waals surface area contributed by atoms with E-state index in [9.17, 15) is 4.39 Å². The number of nitrogens with zero attached hydrogens (tertiary/aromatic N) is 2. The summed E-state index contributed by atoms with van der Waals surface area (Å²) in [5.74, 6) is -0.141. The number of anilines is 1. The van der Waals surface area contributed by atoms with Crippen LogP contribution in [0.25, 0.3) is 0 Å². The topological polar surface area (TPSA) is 61.0 Å². The van der Waals surface area contributed by atoms with Crippen LogP contribution in [0, 0.1) is 12.7 Å². The highest BCUT2D eigenvalue weighted by Gasteiger charge is 2.08. The third kappa shape index (κ3) is 2.08. The molecule has 0 unspecified atom stereocenters. The van der Waals surface area contributed by atoms with Crippen molar-refractivity contribution >= 4 is 5.82 Å². The maximum atomic E-state index is 13.4. The Morgan fingerprint density at radius 1 is 1.25 bits per heavy atom. The zero-order valence-corrected chi connectivity index (χ0v) is 8.64. The molecule has 16 heavy (non-hydrogen) atoms. The number of rotatable bonds is 2. The van der Waals surface area contributed by atoms with Gasteiger partial charge in [-0.05, 0) is 24.6 Å². The molecule has 0 radical (unpaired) electrons. The average molecular weight is 219 g/mol. The number of hydrogen-bond donors (Lipinski definition) is 1. The fourth-order valence-corrected chi connectivity index (χ4v) is 1.21. The molecule has 0 fully saturated rings. The largest absolute Gasteiger partial charge is 0.433 e. The Labute approximate surface area is 91.9 Å². The Kier molecular flexibility index (Phi) is 2.68. The second-order valence-electron chi connectivity index (χ2n) is 3.28. The first-order valence-electron chi connectivity index (χ1n) is 4.67. The van der Waals surface area contributed by atoms with Gasteiger partial charge in [-0.2, -0.15) is 0 Å². The van der Waals surface area contributed by atoms with Crippen LogP contribution < -0.4 is 10.5 Å². The third-order valence-electron chi connectivity index (χ3n) is 1.98. The Morgan fingerprint density at radius 2 is 2.00 bits per heavy atom. The van der Waals surface area contributed by atoms with Gasteiger partial charge in [-0.15, -0.1) is 0 Å². The van der Waals surface area contributed by atoms with Gasteiger partial charge >= 0.3 is 0 Å². The second kappa shape index (κ2) is 4.14. The molecule has 0 aliphatic rings. The first-order valence-corrected chi connectivity index (χ1v) is 4.67. The Hall–Kier alpha value is -2.17. The molecule has 2 rings (SSSR count). The molecule has 0 saturated heterocycles. The zero-order chi connectivity index (χ0) is 11.5. The molecule has 2 N–H and O–H groups in total. The molecule has 0 aliphatic carbocycles. The van der Waals surface area contributed by atoms with E-state index in [2.05, 4.69) is 9.97 Å². The quantitative estimate of drug-likeness (QED) is 0.841. The highest BCUT2D eigenvalue weighted by Crippen LogP contribution is 2.26. The van der Waals surface area contributed by atoms with Gasteiger partial charge in [0.2, 0.25) is 0 Å². The summed E-state index contributed by atoms with van der Waals surface area (Å²) < 4.78 is 18.6. The minimum atomic E-state index is -0.462. The second-order valence-corrected chi connectivity index (χ2v) is 3.28. The molecule has 2 aromatic rings. The van der Waals surface area contributed by atoms with Crippen LogP contribution in [0.2, 0.25) is 0 Å². The number of nitrogens with two attached hydrogens (primary N) is 1. The van der Waals surface area contributed by atoms with E-state index >= 15 is 0 Å². The Bertz CT molecular complexity index is 516. The van der Waals surface area contributed by atoms with Gasteiger partial charge in [0.05, 0.1) is 0 Å². The van der Waals surface area contributed by atoms with Crippen molar-refractivity contribution in [2.24, 2.45) is 0 Å². The van der Waals surface area contributed by atoms with Gasteiger partial charge in [0.25, 0.3) is 5.88 Å². The van der Waals surface area contributed by atoms with Crippen LogP contribution in [-0.2, 0) is 0 Å². The van der Waals surface area contributed by atoms with E-state index in [1.54, 1.807) is 12.1 Å². The summed E-state index contributed by atoms with van der Waals surface area (Å²) in [5.41, 5.74) is 6.42. The monoisotopic (exact) mass is 219 g/mol. The molecule has 0 saturated carbocycles. The summed E-state index contributed by atoms with van der Waals surface area (Å²) in [6.07, 6.45) is 2.87. The van der Waals surface area contributed by atoms with Crippen molar-refractivity contribution in [2.45, 2.75) is 6.92 Å². The van der Waals surface area contributed by atoms with E-state index in [4.69, 9.17) is 10.5 Å². The van der Waals surface area contributed by atoms with Crippen LogP contribution in [0.5, 0.6) is 11.6 Å². The van der Waals surface area contributed by atoms with Gasteiger partial charge in [-0.25, -0.2) is 14.4 Å². The lowest BCUT2D eigenvalue weighted by Gasteiger charge is -2.07. The molecule has 0 spiro atoms. The van der Waals surface area contributed by atoms with Crippen molar-refractivity contribution in [1.29, 1.82) is 0 Å². The van der Waals surface area contributed by atoms with Crippen LogP contribution in [0.3, 0.4) is 0 Å². The maximum absolute atomic E-state index is 13.4. The SMILES string of the molecule is Cc1ccc(F)c(Oc2nccnc2N)c1. The summed E-state index contributed by atoms with van der Waals surface area (Å²) in [7, 11) is 0. The molecular formula is C11H10FN3O. The number of aryl methyl sites for hydroxylation is 1. The fourth-order valence-electron chi connectivity index (χ4n) is 1.21. The molecular weight excluding hydrogens is 209 g/mol. The summed E-state index contributed by atoms with van der Waals surface area (Å²) in [6.45, 7) is 1.84. The molecule has 0 bridgehead atoms. The van der Waals surface area contributed by atoms with Crippen LogP contribution in [-0.4, -0.2) is 9.97 Å². The van der Waals surface area contributed by atoms with Gasteiger partial charge in [0.15, 0.2) is 17.4 Å². The van der Waals surface area contributed by atoms with Gasteiger partial charge in [-0.1, -0.05) is 6.07 Å². The first-order chi connectivity index (χ1) is 7.66. The summed E-state index contributed by atoms with van der Waals surface area (Å²) in [4.78, 5) is 7.66. The standard InChI is InChI=1S/C11H10FN3O/c1-7-2-3-8(12)9(6-7)16-11-10(13)14-4-5-15-11/h2-6H,1H3,(H2,13,14). The minimum Gasteiger partial charge on any atom is -0.433 e. The molecule has 5 heteroatoms. The van der Waals surface area contributed by atoms with Crippen LogP contribution >= 0.6 is 0 Å². The highest BCUT2D eigenvalue weighted by atomic mass is 19.1. The zero-order valence-electron chi connectivity index (χ0n) is 8.64. The molecule has 82 valence electrons. The van der Waals surface area contributed by atoms with E-state index in [-0.39, 0.29) is 17.4 Å². The molecule has 1 aromatic heterocycles. The predicted molar refractivity (Wildman–Crippen MR) is 57.7 cm³/mol. The predicted octanol–water partition coefficient (Wildman–Crippen LogP) is 2.30. The summed E-state index contributed by atoms with van der Waals surface area (Å²) >= 11 is 0. The van der Waals surface area contributed by atoms with Crippen molar-refractivity contribution in [1.82, 2.24) is 9.97 Å². The maximum Gasteiger partial charge on any atom is 0.262 e. The minimum absolute atomic E-state index is 0.0900. The number of halogens is 1. The van der Waals surface area contributed by atoms with E-state index in [0.717, 1.165) is 5.56 Å². The van der Waals surface area contributed by atoms with Crippen molar-refractivity contribution in [3.8, 4) is 11.6 Å². The van der Waals surface area contributed by atoms with E-state index in [0.29, 0.717) is 0 Å². The van der Waals surface area contributed by atoms with E-state index in [1.807, 2.05) is 6.92 Å². The highest BCUT2D eigenvalue weighted by molar-refractivity contribution is 5.42. The average Bonchev–Trinajstić information content (AvgIpc) is 2.27. The normalized spacial score (nSPS) is 10.1. The molecule has 0 amide bonds. The lowest BCUT2D eigenvalue weighted by molar-refractivity contribution is 0.427. The molecule has 0 atom stereocenters. The van der Waals surface area contributed by atoms with Crippen LogP contribution in [0.15, 0.2) is 30.6 Å². The summed E-state index contributed by atoms with van der Waals surface area (Å²) in [6, 6.07) is 4.56. The van der Waals surface area contributed by atoms with Crippen molar-refractivity contribution in [2.75, 3.05) is 5.73 Å². The lowest BCUT2D eigenvalue weighted by Crippen LogP contribution is -1.98. The summed E-state index contributed by atoms with van der Waals surface area (Å²) in [5, 5.41) is 0. The van der Waals surface area contributed by atoms with Crippen molar-refractivity contribution in [3.63, 3.8) is 0 Å². The number of hydrogen-bond acceptors (Lipinski definition) is 4. The van der Waals surface area contributed by atoms with Gasteiger partial charge in [0, 0.05) is 12.4 Å². The fraction of sp³-hybridized carbons (Fsp3) is 0.0909. The number of benzene rings is 1. The van der Waals surface area contributed by atoms with Gasteiger partial charge in [-0.3, -0.25) is 0 Å². The van der Waals surface area contributed by atoms with Gasteiger partial charge in [0.1, 0.15) is 0 Å². The third-order valence-corrected chi connectivity index (χ3v) is 1.98. The van der Waals surface area contributed by atoms with E-state index < -0.39 is 5.82 Å². The van der Waals surface area contributed by atoms with Crippen LogP contribution in [0.1, 0.15) is 5.56 Å². The van der Waals surface area contributed by atoms with Crippen molar-refractivity contribution in [3.05, 3.63) is 42.0 Å². The number of aromatic nitrogens is 2. The molecule has 4 nitrogen and oxygen atoms in total. The number of ether oxygens (including phenoxy) is 1. The Balaban J connectivity index is 2.34. The van der Waals surface area contributed by atoms with Gasteiger partial charge < -0.3 is 10.5 Å². The molecule has 1 aromatic carbocycles. The molecule has 1 heterocycles. The first kappa shape index (κ1) is 10.4. The lowest BCUT2D eigenvalue weighted by atomic mass is 10.2. The Morgan fingerprint density at radius 3 is 2.75 bits per heavy atom. The smallest absolute Gasteiger partial charge is 0.262 e.